The normalized spacial score (nSPS) is 10.3. The van der Waals surface area contributed by atoms with Crippen molar-refractivity contribution in [2.75, 3.05) is 5.32 Å². The van der Waals surface area contributed by atoms with Gasteiger partial charge in [0.25, 0.3) is 0 Å². The number of tetrazole rings is 1. The number of anilines is 1. The van der Waals surface area contributed by atoms with E-state index in [9.17, 15) is 9.59 Å². The molecule has 0 aliphatic heterocycles. The van der Waals surface area contributed by atoms with E-state index in [4.69, 9.17) is 5.26 Å². The highest BCUT2D eigenvalue weighted by Gasteiger charge is 2.12. The summed E-state index contributed by atoms with van der Waals surface area (Å²) < 4.78 is 2.32. The Balaban J connectivity index is 1.65. The molecule has 3 rings (SSSR count). The minimum absolute atomic E-state index is 0.0444. The third-order valence-electron chi connectivity index (χ3n) is 3.23. The topological polar surface area (TPSA) is 106 Å². The number of carbonyl (C=O) groups is 1. The van der Waals surface area contributed by atoms with Gasteiger partial charge < -0.3 is 5.32 Å². The van der Waals surface area contributed by atoms with Crippen molar-refractivity contribution in [2.24, 2.45) is 0 Å². The number of nitriles is 1. The summed E-state index contributed by atoms with van der Waals surface area (Å²) in [5, 5.41) is 21.7. The maximum absolute atomic E-state index is 12.2. The van der Waals surface area contributed by atoms with Gasteiger partial charge in [-0.05, 0) is 40.1 Å². The number of carbonyl (C=O) groups excluding carboxylic acids is 1. The summed E-state index contributed by atoms with van der Waals surface area (Å²) >= 11 is 1.37. The highest BCUT2D eigenvalue weighted by atomic mass is 32.1. The van der Waals surface area contributed by atoms with Gasteiger partial charge in [-0.1, -0.05) is 12.1 Å². The lowest BCUT2D eigenvalue weighted by atomic mass is 10.2. The lowest BCUT2D eigenvalue weighted by Crippen LogP contribution is -2.26. The Bertz CT molecular complexity index is 951. The molecule has 120 valence electrons. The molecule has 0 saturated heterocycles. The Morgan fingerprint density at radius 1 is 1.25 bits per heavy atom. The molecule has 1 amide bonds. The zero-order valence-corrected chi connectivity index (χ0v) is 13.2. The average molecular weight is 340 g/mol. The molecular formula is C15H12N6O2S. The van der Waals surface area contributed by atoms with Gasteiger partial charge in [0.2, 0.25) is 5.91 Å². The number of hydrogen-bond acceptors (Lipinski definition) is 6. The van der Waals surface area contributed by atoms with E-state index in [2.05, 4.69) is 15.7 Å². The van der Waals surface area contributed by atoms with E-state index in [1.54, 1.807) is 30.3 Å². The molecule has 0 bridgehead atoms. The summed E-state index contributed by atoms with van der Waals surface area (Å²) in [6.45, 7) is 0.102. The first kappa shape index (κ1) is 15.6. The first-order valence-corrected chi connectivity index (χ1v) is 7.92. The molecule has 0 fully saturated rings. The summed E-state index contributed by atoms with van der Waals surface area (Å²) in [5.74, 6) is -0.310. The van der Waals surface area contributed by atoms with Crippen LogP contribution < -0.4 is 11.0 Å². The Kier molecular flexibility index (Phi) is 4.49. The molecule has 1 N–H and O–H groups in total. The Labute approximate surface area is 140 Å². The monoisotopic (exact) mass is 340 g/mol. The molecule has 0 saturated carbocycles. The van der Waals surface area contributed by atoms with E-state index >= 15 is 0 Å². The van der Waals surface area contributed by atoms with Crippen molar-refractivity contribution < 1.29 is 4.79 Å². The largest absolute Gasteiger partial charge is 0.369 e. The van der Waals surface area contributed by atoms with Gasteiger partial charge >= 0.3 is 5.69 Å². The maximum Gasteiger partial charge on any atom is 0.369 e. The number of amides is 1. The number of para-hydroxylation sites is 1. The first-order valence-electron chi connectivity index (χ1n) is 7.04. The molecule has 2 heterocycles. The van der Waals surface area contributed by atoms with Crippen LogP contribution in [0.25, 0.3) is 5.00 Å². The van der Waals surface area contributed by atoms with Gasteiger partial charge in [0.15, 0.2) is 0 Å². The molecule has 0 spiro atoms. The van der Waals surface area contributed by atoms with Crippen molar-refractivity contribution >= 4 is 22.9 Å². The Hall–Kier alpha value is -3.25. The number of hydrogen-bond donors (Lipinski definition) is 1. The highest BCUT2D eigenvalue weighted by Crippen LogP contribution is 2.14. The molecule has 3 aromatic rings. The minimum atomic E-state index is -0.400. The predicted octanol–water partition coefficient (Wildman–Crippen LogP) is 1.39. The molecule has 24 heavy (non-hydrogen) atoms. The SMILES string of the molecule is N#Cc1ccccc1NC(=O)CCn1nnn(-c2cccs2)c1=O. The van der Waals surface area contributed by atoms with Gasteiger partial charge in [-0.15, -0.1) is 11.3 Å². The van der Waals surface area contributed by atoms with Crippen LogP contribution in [0, 0.1) is 11.3 Å². The van der Waals surface area contributed by atoms with E-state index in [0.29, 0.717) is 16.3 Å². The zero-order valence-electron chi connectivity index (χ0n) is 12.4. The third kappa shape index (κ3) is 3.23. The van der Waals surface area contributed by atoms with Gasteiger partial charge in [0.1, 0.15) is 11.1 Å². The zero-order chi connectivity index (χ0) is 16.9. The van der Waals surface area contributed by atoms with Crippen LogP contribution in [-0.2, 0) is 11.3 Å². The molecule has 0 radical (unpaired) electrons. The number of nitrogens with one attached hydrogen (secondary N) is 1. The molecule has 0 aliphatic carbocycles. The number of aryl methyl sites for hydroxylation is 1. The van der Waals surface area contributed by atoms with Crippen LogP contribution in [0.2, 0.25) is 0 Å². The van der Waals surface area contributed by atoms with Crippen LogP contribution >= 0.6 is 11.3 Å². The predicted molar refractivity (Wildman–Crippen MR) is 87.9 cm³/mol. The van der Waals surface area contributed by atoms with E-state index in [1.165, 1.54) is 16.0 Å². The standard InChI is InChI=1S/C15H12N6O2S/c16-10-11-4-1-2-5-12(11)17-13(22)7-8-20-15(23)21(19-18-20)14-6-3-9-24-14/h1-6,9H,7-8H2,(H,17,22). The molecule has 9 heteroatoms. The summed E-state index contributed by atoms with van der Waals surface area (Å²) in [5.41, 5.74) is 0.425. The van der Waals surface area contributed by atoms with E-state index in [-0.39, 0.29) is 18.9 Å². The first-order chi connectivity index (χ1) is 11.7. The fraction of sp³-hybridized carbons (Fsp3) is 0.133. The number of rotatable bonds is 5. The molecule has 0 unspecified atom stereocenters. The maximum atomic E-state index is 12.2. The van der Waals surface area contributed by atoms with Crippen molar-refractivity contribution in [3.63, 3.8) is 0 Å². The second-order valence-electron chi connectivity index (χ2n) is 4.80. The average Bonchev–Trinajstić information content (AvgIpc) is 3.23. The van der Waals surface area contributed by atoms with Crippen LogP contribution in [0.3, 0.4) is 0 Å². The second-order valence-corrected chi connectivity index (χ2v) is 5.73. The summed E-state index contributed by atoms with van der Waals surface area (Å²) in [6.07, 6.45) is 0.0444. The smallest absolute Gasteiger partial charge is 0.325 e. The number of benzene rings is 1. The van der Waals surface area contributed by atoms with Gasteiger partial charge in [0, 0.05) is 6.42 Å². The fourth-order valence-corrected chi connectivity index (χ4v) is 2.72. The van der Waals surface area contributed by atoms with Crippen molar-refractivity contribution in [1.29, 1.82) is 5.26 Å². The van der Waals surface area contributed by atoms with Crippen LogP contribution in [-0.4, -0.2) is 25.7 Å². The van der Waals surface area contributed by atoms with E-state index < -0.39 is 5.69 Å². The van der Waals surface area contributed by atoms with Gasteiger partial charge in [-0.2, -0.15) is 14.6 Å². The van der Waals surface area contributed by atoms with Gasteiger partial charge in [-0.25, -0.2) is 4.79 Å². The van der Waals surface area contributed by atoms with Crippen LogP contribution in [0.15, 0.2) is 46.6 Å². The summed E-state index contributed by atoms with van der Waals surface area (Å²) in [7, 11) is 0. The molecule has 1 aromatic carbocycles. The van der Waals surface area contributed by atoms with Crippen molar-refractivity contribution in [2.45, 2.75) is 13.0 Å². The lowest BCUT2D eigenvalue weighted by molar-refractivity contribution is -0.116. The third-order valence-corrected chi connectivity index (χ3v) is 4.07. The molecule has 8 nitrogen and oxygen atoms in total. The second kappa shape index (κ2) is 6.89. The molecule has 0 aliphatic rings. The Morgan fingerprint density at radius 3 is 2.83 bits per heavy atom. The molecule has 0 atom stereocenters. The number of aromatic nitrogens is 4. The Morgan fingerprint density at radius 2 is 2.08 bits per heavy atom. The molecule has 2 aromatic heterocycles. The number of nitrogens with zero attached hydrogens (tertiary/aromatic N) is 5. The quantitative estimate of drug-likeness (QED) is 0.755. The lowest BCUT2D eigenvalue weighted by Gasteiger charge is -2.06. The minimum Gasteiger partial charge on any atom is -0.325 e. The number of thiophene rings is 1. The fourth-order valence-electron chi connectivity index (χ4n) is 2.05. The van der Waals surface area contributed by atoms with Crippen LogP contribution in [0.1, 0.15) is 12.0 Å². The van der Waals surface area contributed by atoms with Crippen LogP contribution in [0.4, 0.5) is 5.69 Å². The molecular weight excluding hydrogens is 328 g/mol. The van der Waals surface area contributed by atoms with E-state index in [1.807, 2.05) is 17.5 Å². The summed E-state index contributed by atoms with van der Waals surface area (Å²) in [6, 6.07) is 12.3. The van der Waals surface area contributed by atoms with Crippen molar-refractivity contribution in [3.8, 4) is 11.1 Å². The van der Waals surface area contributed by atoms with E-state index in [0.717, 1.165) is 4.68 Å². The highest BCUT2D eigenvalue weighted by molar-refractivity contribution is 7.12. The van der Waals surface area contributed by atoms with Gasteiger partial charge in [0.05, 0.1) is 17.8 Å². The van der Waals surface area contributed by atoms with Gasteiger partial charge in [-0.3, -0.25) is 4.79 Å². The van der Waals surface area contributed by atoms with Crippen molar-refractivity contribution in [1.82, 2.24) is 19.8 Å². The van der Waals surface area contributed by atoms with Crippen LogP contribution in [0.5, 0.6) is 0 Å². The van der Waals surface area contributed by atoms with Crippen molar-refractivity contribution in [3.05, 3.63) is 57.8 Å². The summed E-state index contributed by atoms with van der Waals surface area (Å²) in [4.78, 5) is 24.2.